The van der Waals surface area contributed by atoms with Crippen LogP contribution in [0.4, 0.5) is 0 Å². The van der Waals surface area contributed by atoms with Crippen molar-refractivity contribution in [2.45, 2.75) is 50.1 Å². The highest BCUT2D eigenvalue weighted by molar-refractivity contribution is 7.89. The third-order valence-electron chi connectivity index (χ3n) is 6.80. The standard InChI is InChI=1S/C32H41N3O6S/c1-4-34-42(38,39)29-18-13-25(14-19-29)15-20-31(36)35(24-27-11-16-28(41-3)17-12-27)30(23-26-9-6-5-7-10-26)32(37)33-21-8-22-40-2/h5-7,9-14,16-19,30,34H,4,8,15,20-24H2,1-3H3,(H,33,37)/t30-/m0/s1. The summed E-state index contributed by atoms with van der Waals surface area (Å²) in [6.07, 6.45) is 1.56. The molecule has 0 spiro atoms. The van der Waals surface area contributed by atoms with Crippen LogP contribution in [0.5, 0.6) is 5.75 Å². The molecule has 1 atom stereocenters. The Labute approximate surface area is 249 Å². The molecule has 0 aliphatic heterocycles. The van der Waals surface area contributed by atoms with Crippen molar-refractivity contribution in [2.24, 2.45) is 0 Å². The third kappa shape index (κ3) is 9.97. The summed E-state index contributed by atoms with van der Waals surface area (Å²) in [5.74, 6) is 0.297. The predicted octanol–water partition coefficient (Wildman–Crippen LogP) is 3.72. The lowest BCUT2D eigenvalue weighted by molar-refractivity contribution is -0.141. The van der Waals surface area contributed by atoms with Crippen molar-refractivity contribution in [3.63, 3.8) is 0 Å². The Bertz CT molecular complexity index is 1360. The fourth-order valence-corrected chi connectivity index (χ4v) is 5.57. The smallest absolute Gasteiger partial charge is 0.243 e. The number of nitrogens with one attached hydrogen (secondary N) is 2. The zero-order chi connectivity index (χ0) is 30.4. The summed E-state index contributed by atoms with van der Waals surface area (Å²) in [4.78, 5) is 29.3. The Morgan fingerprint density at radius 3 is 2.17 bits per heavy atom. The van der Waals surface area contributed by atoms with Gasteiger partial charge in [-0.3, -0.25) is 9.59 Å². The van der Waals surface area contributed by atoms with Gasteiger partial charge in [-0.05, 0) is 53.8 Å². The highest BCUT2D eigenvalue weighted by atomic mass is 32.2. The van der Waals surface area contributed by atoms with Gasteiger partial charge in [0.25, 0.3) is 0 Å². The van der Waals surface area contributed by atoms with Gasteiger partial charge in [0.1, 0.15) is 11.8 Å². The van der Waals surface area contributed by atoms with E-state index in [0.29, 0.717) is 44.7 Å². The number of carbonyl (C=O) groups excluding carboxylic acids is 2. The maximum absolute atomic E-state index is 13.9. The number of hydrogen-bond donors (Lipinski definition) is 2. The molecule has 0 bridgehead atoms. The number of hydrogen-bond acceptors (Lipinski definition) is 6. The van der Waals surface area contributed by atoms with E-state index in [2.05, 4.69) is 10.0 Å². The summed E-state index contributed by atoms with van der Waals surface area (Å²) < 4.78 is 37.5. The van der Waals surface area contributed by atoms with Crippen LogP contribution in [0.1, 0.15) is 36.5 Å². The van der Waals surface area contributed by atoms with Gasteiger partial charge in [-0.2, -0.15) is 0 Å². The van der Waals surface area contributed by atoms with Gasteiger partial charge in [0.05, 0.1) is 12.0 Å². The number of amides is 2. The van der Waals surface area contributed by atoms with Gasteiger partial charge in [-0.25, -0.2) is 13.1 Å². The largest absolute Gasteiger partial charge is 0.497 e. The van der Waals surface area contributed by atoms with Crippen LogP contribution < -0.4 is 14.8 Å². The predicted molar refractivity (Wildman–Crippen MR) is 163 cm³/mol. The molecule has 9 nitrogen and oxygen atoms in total. The lowest BCUT2D eigenvalue weighted by atomic mass is 10.0. The summed E-state index contributed by atoms with van der Waals surface area (Å²) in [5.41, 5.74) is 2.64. The first kappa shape index (κ1) is 32.8. The molecule has 0 unspecified atom stereocenters. The van der Waals surface area contributed by atoms with E-state index in [-0.39, 0.29) is 29.7 Å². The highest BCUT2D eigenvalue weighted by Gasteiger charge is 2.30. The first-order valence-electron chi connectivity index (χ1n) is 14.1. The fourth-order valence-electron chi connectivity index (χ4n) is 4.53. The Hall–Kier alpha value is -3.73. The molecule has 3 rings (SSSR count). The van der Waals surface area contributed by atoms with Gasteiger partial charge >= 0.3 is 0 Å². The van der Waals surface area contributed by atoms with E-state index in [9.17, 15) is 18.0 Å². The molecule has 0 radical (unpaired) electrons. The maximum Gasteiger partial charge on any atom is 0.243 e. The number of benzene rings is 3. The van der Waals surface area contributed by atoms with Gasteiger partial charge in [0.15, 0.2) is 0 Å². The number of ether oxygens (including phenoxy) is 2. The highest BCUT2D eigenvalue weighted by Crippen LogP contribution is 2.19. The van der Waals surface area contributed by atoms with E-state index in [1.807, 2.05) is 54.6 Å². The molecule has 0 fully saturated rings. The fraction of sp³-hybridized carbons (Fsp3) is 0.375. The topological polar surface area (TPSA) is 114 Å². The minimum atomic E-state index is -3.56. The average Bonchev–Trinajstić information content (AvgIpc) is 3.00. The summed E-state index contributed by atoms with van der Waals surface area (Å²) in [7, 11) is -0.351. The normalized spacial score (nSPS) is 12.0. The van der Waals surface area contributed by atoms with E-state index in [1.54, 1.807) is 50.3 Å². The zero-order valence-corrected chi connectivity index (χ0v) is 25.4. The Balaban J connectivity index is 1.85. The van der Waals surface area contributed by atoms with Crippen LogP contribution in [-0.4, -0.2) is 65.1 Å². The van der Waals surface area contributed by atoms with Crippen molar-refractivity contribution >= 4 is 21.8 Å². The van der Waals surface area contributed by atoms with Crippen molar-refractivity contribution in [2.75, 3.05) is 33.9 Å². The van der Waals surface area contributed by atoms with E-state index in [0.717, 1.165) is 16.7 Å². The van der Waals surface area contributed by atoms with E-state index < -0.39 is 16.1 Å². The second-order valence-corrected chi connectivity index (χ2v) is 11.6. The summed E-state index contributed by atoms with van der Waals surface area (Å²) >= 11 is 0. The first-order valence-corrected chi connectivity index (χ1v) is 15.6. The molecule has 2 amide bonds. The number of methoxy groups -OCH3 is 2. The van der Waals surface area contributed by atoms with Crippen molar-refractivity contribution in [3.05, 3.63) is 95.6 Å². The molecular formula is C32H41N3O6S. The van der Waals surface area contributed by atoms with Gasteiger partial charge in [-0.15, -0.1) is 0 Å². The summed E-state index contributed by atoms with van der Waals surface area (Å²) in [5, 5.41) is 2.99. The molecule has 0 aromatic heterocycles. The quantitative estimate of drug-likeness (QED) is 0.230. The number of aryl methyl sites for hydroxylation is 1. The molecule has 42 heavy (non-hydrogen) atoms. The first-order chi connectivity index (χ1) is 20.3. The third-order valence-corrected chi connectivity index (χ3v) is 8.36. The lowest BCUT2D eigenvalue weighted by Gasteiger charge is -2.32. The molecule has 0 aliphatic carbocycles. The average molecular weight is 596 g/mol. The number of nitrogens with zero attached hydrogens (tertiary/aromatic N) is 1. The van der Waals surface area contributed by atoms with E-state index >= 15 is 0 Å². The molecule has 226 valence electrons. The molecule has 3 aromatic rings. The van der Waals surface area contributed by atoms with Crippen LogP contribution in [0.3, 0.4) is 0 Å². The van der Waals surface area contributed by atoms with Crippen LogP contribution in [0.25, 0.3) is 0 Å². The summed E-state index contributed by atoms with van der Waals surface area (Å²) in [6, 6.07) is 22.9. The van der Waals surface area contributed by atoms with Crippen molar-refractivity contribution in [1.82, 2.24) is 14.9 Å². The van der Waals surface area contributed by atoms with Gasteiger partial charge < -0.3 is 19.7 Å². The molecule has 2 N–H and O–H groups in total. The number of rotatable bonds is 17. The van der Waals surface area contributed by atoms with Gasteiger partial charge in [0.2, 0.25) is 21.8 Å². The van der Waals surface area contributed by atoms with Crippen LogP contribution in [0.2, 0.25) is 0 Å². The van der Waals surface area contributed by atoms with Crippen molar-refractivity contribution < 1.29 is 27.5 Å². The molecular weight excluding hydrogens is 554 g/mol. The monoisotopic (exact) mass is 595 g/mol. The molecule has 0 aliphatic rings. The van der Waals surface area contributed by atoms with E-state index in [4.69, 9.17) is 9.47 Å². The second-order valence-electron chi connectivity index (χ2n) is 9.86. The molecule has 10 heteroatoms. The number of sulfonamides is 1. The lowest BCUT2D eigenvalue weighted by Crippen LogP contribution is -2.50. The second kappa shape index (κ2) is 16.6. The minimum Gasteiger partial charge on any atom is -0.497 e. The molecule has 0 saturated carbocycles. The van der Waals surface area contributed by atoms with Crippen molar-refractivity contribution in [3.8, 4) is 5.75 Å². The minimum absolute atomic E-state index is 0.151. The van der Waals surface area contributed by atoms with Gasteiger partial charge in [-0.1, -0.05) is 61.5 Å². The SMILES string of the molecule is CCNS(=O)(=O)c1ccc(CCC(=O)N(Cc2ccc(OC)cc2)[C@@H](Cc2ccccc2)C(=O)NCCCOC)cc1. The molecule has 3 aromatic carbocycles. The summed E-state index contributed by atoms with van der Waals surface area (Å²) in [6.45, 7) is 3.22. The Morgan fingerprint density at radius 1 is 0.881 bits per heavy atom. The van der Waals surface area contributed by atoms with Gasteiger partial charge in [0, 0.05) is 46.2 Å². The Morgan fingerprint density at radius 2 is 1.55 bits per heavy atom. The molecule has 0 heterocycles. The van der Waals surface area contributed by atoms with E-state index in [1.165, 1.54) is 0 Å². The zero-order valence-electron chi connectivity index (χ0n) is 24.5. The maximum atomic E-state index is 13.9. The molecule has 0 saturated heterocycles. The van der Waals surface area contributed by atoms with Crippen LogP contribution >= 0.6 is 0 Å². The van der Waals surface area contributed by atoms with Crippen LogP contribution in [0, 0.1) is 0 Å². The van der Waals surface area contributed by atoms with Crippen LogP contribution in [-0.2, 0) is 43.7 Å². The Kier molecular flexibility index (Phi) is 13.0. The van der Waals surface area contributed by atoms with Crippen LogP contribution in [0.15, 0.2) is 83.8 Å². The number of carbonyl (C=O) groups is 2. The van der Waals surface area contributed by atoms with Crippen molar-refractivity contribution in [1.29, 1.82) is 0 Å².